The maximum absolute atomic E-state index is 14.3. The van der Waals surface area contributed by atoms with Crippen molar-refractivity contribution in [2.45, 2.75) is 33.9 Å². The number of nitrogens with two attached hydrogens (primary N) is 1. The molecule has 1 aromatic rings. The maximum Gasteiger partial charge on any atom is 0.335 e. The van der Waals surface area contributed by atoms with Gasteiger partial charge in [0.2, 0.25) is 0 Å². The summed E-state index contributed by atoms with van der Waals surface area (Å²) in [4.78, 5) is 11.3. The van der Waals surface area contributed by atoms with Gasteiger partial charge in [0.1, 0.15) is 12.5 Å². The molecule has 1 aromatic carbocycles. The molecule has 24 heavy (non-hydrogen) atoms. The molecule has 2 rings (SSSR count). The van der Waals surface area contributed by atoms with Gasteiger partial charge in [0.25, 0.3) is 0 Å². The SMILES string of the molecule is CC1=C(N)C=C(c2ccc(C)c(F)c2CF)C(C)CC=C1C(=O)O. The normalized spacial score (nSPS) is 18.6. The van der Waals surface area contributed by atoms with Gasteiger partial charge < -0.3 is 10.8 Å². The Morgan fingerprint density at radius 3 is 2.62 bits per heavy atom. The smallest absolute Gasteiger partial charge is 0.335 e. The first-order valence-electron chi connectivity index (χ1n) is 7.74. The molecule has 0 spiro atoms. The van der Waals surface area contributed by atoms with Gasteiger partial charge in [-0.05, 0) is 54.5 Å². The summed E-state index contributed by atoms with van der Waals surface area (Å²) >= 11 is 0. The number of allylic oxidation sites excluding steroid dienone is 3. The molecule has 1 aliphatic carbocycles. The molecule has 0 amide bonds. The zero-order chi connectivity index (χ0) is 18.0. The lowest BCUT2D eigenvalue weighted by atomic mass is 9.84. The van der Waals surface area contributed by atoms with Gasteiger partial charge in [0.05, 0.1) is 5.57 Å². The fraction of sp³-hybridized carbons (Fsp3) is 0.316. The quantitative estimate of drug-likeness (QED) is 0.868. The van der Waals surface area contributed by atoms with Gasteiger partial charge in [0.15, 0.2) is 0 Å². The summed E-state index contributed by atoms with van der Waals surface area (Å²) in [7, 11) is 0. The number of hydrogen-bond donors (Lipinski definition) is 2. The molecule has 0 saturated heterocycles. The fourth-order valence-corrected chi connectivity index (χ4v) is 2.88. The molecular weight excluding hydrogens is 312 g/mol. The van der Waals surface area contributed by atoms with Gasteiger partial charge in [0, 0.05) is 11.3 Å². The number of aliphatic carboxylic acids is 1. The van der Waals surface area contributed by atoms with E-state index in [4.69, 9.17) is 5.73 Å². The molecule has 3 N–H and O–H groups in total. The average molecular weight is 333 g/mol. The number of carboxylic acid groups (broad SMARTS) is 1. The van der Waals surface area contributed by atoms with Crippen molar-refractivity contribution in [1.29, 1.82) is 0 Å². The molecule has 0 bridgehead atoms. The predicted octanol–water partition coefficient (Wildman–Crippen LogP) is 4.27. The van der Waals surface area contributed by atoms with Gasteiger partial charge >= 0.3 is 5.97 Å². The zero-order valence-electron chi connectivity index (χ0n) is 14.0. The minimum Gasteiger partial charge on any atom is -0.478 e. The van der Waals surface area contributed by atoms with E-state index in [9.17, 15) is 18.7 Å². The van der Waals surface area contributed by atoms with E-state index in [1.807, 2.05) is 6.92 Å². The van der Waals surface area contributed by atoms with Gasteiger partial charge in [-0.3, -0.25) is 0 Å². The van der Waals surface area contributed by atoms with Crippen LogP contribution in [0.15, 0.2) is 41.1 Å². The Bertz CT molecular complexity index is 776. The Morgan fingerprint density at radius 2 is 2.04 bits per heavy atom. The first kappa shape index (κ1) is 17.9. The Balaban J connectivity index is 2.66. The van der Waals surface area contributed by atoms with Crippen LogP contribution in [0, 0.1) is 18.7 Å². The second-order valence-corrected chi connectivity index (χ2v) is 6.10. The summed E-state index contributed by atoms with van der Waals surface area (Å²) in [5, 5.41) is 9.28. The summed E-state index contributed by atoms with van der Waals surface area (Å²) in [5.74, 6) is -1.71. The summed E-state index contributed by atoms with van der Waals surface area (Å²) in [6.45, 7) is 4.20. The van der Waals surface area contributed by atoms with E-state index in [1.54, 1.807) is 38.1 Å². The van der Waals surface area contributed by atoms with Crippen LogP contribution in [0.2, 0.25) is 0 Å². The number of benzene rings is 1. The van der Waals surface area contributed by atoms with E-state index in [2.05, 4.69) is 0 Å². The van der Waals surface area contributed by atoms with E-state index >= 15 is 0 Å². The summed E-state index contributed by atoms with van der Waals surface area (Å²) in [6, 6.07) is 3.31. The number of halogens is 2. The largest absolute Gasteiger partial charge is 0.478 e. The Labute approximate surface area is 140 Å². The van der Waals surface area contributed by atoms with Crippen LogP contribution in [0.4, 0.5) is 8.78 Å². The van der Waals surface area contributed by atoms with Gasteiger partial charge in [-0.25, -0.2) is 13.6 Å². The third-order valence-electron chi connectivity index (χ3n) is 4.47. The van der Waals surface area contributed by atoms with Crippen molar-refractivity contribution >= 4 is 11.5 Å². The van der Waals surface area contributed by atoms with E-state index < -0.39 is 18.5 Å². The molecular formula is C19H21F2NO2. The highest BCUT2D eigenvalue weighted by Gasteiger charge is 2.22. The molecule has 3 nitrogen and oxygen atoms in total. The monoisotopic (exact) mass is 333 g/mol. The van der Waals surface area contributed by atoms with Crippen molar-refractivity contribution < 1.29 is 18.7 Å². The molecule has 1 aliphatic rings. The van der Waals surface area contributed by atoms with Crippen LogP contribution in [0.25, 0.3) is 5.57 Å². The second-order valence-electron chi connectivity index (χ2n) is 6.10. The zero-order valence-corrected chi connectivity index (χ0v) is 14.0. The second kappa shape index (κ2) is 6.99. The summed E-state index contributed by atoms with van der Waals surface area (Å²) in [5.41, 5.74) is 8.53. The molecule has 0 saturated carbocycles. The molecule has 1 atom stereocenters. The van der Waals surface area contributed by atoms with Crippen LogP contribution in [0.1, 0.15) is 37.0 Å². The standard InChI is InChI=1S/C19H21F2NO2/c1-10-4-6-13(19(23)24)12(3)17(22)8-15(10)14-7-5-11(2)18(21)16(14)9-20/h5-8,10H,4,9,22H2,1-3H3,(H,23,24). The average Bonchev–Trinajstić information content (AvgIpc) is 2.53. The molecule has 0 heterocycles. The molecule has 128 valence electrons. The first-order chi connectivity index (χ1) is 11.3. The number of alkyl halides is 1. The number of rotatable bonds is 3. The first-order valence-corrected chi connectivity index (χ1v) is 7.74. The lowest BCUT2D eigenvalue weighted by molar-refractivity contribution is -0.132. The van der Waals surface area contributed by atoms with E-state index in [0.717, 1.165) is 0 Å². The third kappa shape index (κ3) is 3.25. The van der Waals surface area contributed by atoms with Crippen LogP contribution in [0.5, 0.6) is 0 Å². The lowest BCUT2D eigenvalue weighted by Crippen LogP contribution is -2.13. The molecule has 1 unspecified atom stereocenters. The third-order valence-corrected chi connectivity index (χ3v) is 4.47. The van der Waals surface area contributed by atoms with Crippen molar-refractivity contribution in [2.24, 2.45) is 11.7 Å². The fourth-order valence-electron chi connectivity index (χ4n) is 2.88. The highest BCUT2D eigenvalue weighted by Crippen LogP contribution is 2.34. The Kier molecular flexibility index (Phi) is 5.22. The molecule has 0 aliphatic heterocycles. The van der Waals surface area contributed by atoms with Gasteiger partial charge in [-0.2, -0.15) is 0 Å². The minimum absolute atomic E-state index is 0.0153. The van der Waals surface area contributed by atoms with Crippen molar-refractivity contribution in [3.8, 4) is 0 Å². The predicted molar refractivity (Wildman–Crippen MR) is 90.3 cm³/mol. The minimum atomic E-state index is -1.04. The molecule has 5 heteroatoms. The number of aryl methyl sites for hydroxylation is 1. The van der Waals surface area contributed by atoms with Gasteiger partial charge in [-0.15, -0.1) is 0 Å². The number of carbonyl (C=O) groups is 1. The van der Waals surface area contributed by atoms with Gasteiger partial charge in [-0.1, -0.05) is 25.1 Å². The van der Waals surface area contributed by atoms with Crippen LogP contribution in [-0.4, -0.2) is 11.1 Å². The molecule has 0 fully saturated rings. The molecule has 0 radical (unpaired) electrons. The lowest BCUT2D eigenvalue weighted by Gasteiger charge is -2.21. The topological polar surface area (TPSA) is 63.3 Å². The maximum atomic E-state index is 14.3. The Morgan fingerprint density at radius 1 is 1.38 bits per heavy atom. The van der Waals surface area contributed by atoms with E-state index in [-0.39, 0.29) is 22.8 Å². The summed E-state index contributed by atoms with van der Waals surface area (Å²) in [6.07, 6.45) is 3.69. The molecule has 0 aromatic heterocycles. The van der Waals surface area contributed by atoms with E-state index in [0.29, 0.717) is 28.7 Å². The highest BCUT2D eigenvalue weighted by atomic mass is 19.1. The van der Waals surface area contributed by atoms with Crippen molar-refractivity contribution in [3.05, 3.63) is 63.6 Å². The van der Waals surface area contributed by atoms with Crippen molar-refractivity contribution in [2.75, 3.05) is 0 Å². The van der Waals surface area contributed by atoms with Crippen LogP contribution in [-0.2, 0) is 11.5 Å². The number of carboxylic acids is 1. The van der Waals surface area contributed by atoms with Crippen molar-refractivity contribution in [1.82, 2.24) is 0 Å². The number of hydrogen-bond acceptors (Lipinski definition) is 2. The Hall–Kier alpha value is -2.43. The van der Waals surface area contributed by atoms with Crippen molar-refractivity contribution in [3.63, 3.8) is 0 Å². The van der Waals surface area contributed by atoms with Crippen LogP contribution < -0.4 is 5.73 Å². The van der Waals surface area contributed by atoms with Crippen LogP contribution in [0.3, 0.4) is 0 Å². The van der Waals surface area contributed by atoms with Crippen LogP contribution >= 0.6 is 0 Å². The van der Waals surface area contributed by atoms with E-state index in [1.165, 1.54) is 0 Å². The highest BCUT2D eigenvalue weighted by molar-refractivity contribution is 5.92. The summed E-state index contributed by atoms with van der Waals surface area (Å²) < 4.78 is 27.7.